The van der Waals surface area contributed by atoms with Gasteiger partial charge in [0.1, 0.15) is 0 Å². The van der Waals surface area contributed by atoms with Crippen LogP contribution in [-0.2, 0) is 9.84 Å². The molecule has 2 rings (SSSR count). The van der Waals surface area contributed by atoms with Gasteiger partial charge in [-0.2, -0.15) is 5.10 Å². The van der Waals surface area contributed by atoms with E-state index in [9.17, 15) is 13.2 Å². The first-order valence-electron chi connectivity index (χ1n) is 6.67. The third kappa shape index (κ3) is 5.50. The van der Waals surface area contributed by atoms with Crippen LogP contribution in [-0.4, -0.2) is 38.2 Å². The molecule has 22 heavy (non-hydrogen) atoms. The first-order valence-corrected chi connectivity index (χ1v) is 8.87. The van der Waals surface area contributed by atoms with Crippen LogP contribution in [0.3, 0.4) is 0 Å². The van der Waals surface area contributed by atoms with E-state index in [0.29, 0.717) is 11.5 Å². The molecule has 8 heteroatoms. The van der Waals surface area contributed by atoms with Crippen LogP contribution in [0.25, 0.3) is 6.08 Å². The number of urea groups is 1. The molecule has 1 aromatic carbocycles. The highest BCUT2D eigenvalue weighted by Crippen LogP contribution is 2.11. The van der Waals surface area contributed by atoms with Crippen molar-refractivity contribution in [2.75, 3.05) is 11.5 Å². The second kappa shape index (κ2) is 7.42. The van der Waals surface area contributed by atoms with Gasteiger partial charge < -0.3 is 5.32 Å². The fraction of sp³-hybridized carbons (Fsp3) is 0.286. The van der Waals surface area contributed by atoms with E-state index in [1.54, 1.807) is 6.08 Å². The Bertz CT molecular complexity index is 687. The average molecular weight is 342 g/mol. The standard InChI is InChI=1S/C14H16ClN3O3S/c15-12(8-11-4-2-1-3-5-11)9-16-18-14(19)17-13-6-7-22(20,21)10-13/h1-5,8-9,13H,6-7,10H2,(H2,17,18,19)/b12-8-,16-9?/t13-/m1/s1. The maximum absolute atomic E-state index is 11.6. The van der Waals surface area contributed by atoms with Crippen LogP contribution in [0.5, 0.6) is 0 Å². The molecule has 0 spiro atoms. The van der Waals surface area contributed by atoms with Crippen LogP contribution < -0.4 is 10.7 Å². The maximum Gasteiger partial charge on any atom is 0.335 e. The van der Waals surface area contributed by atoms with E-state index >= 15 is 0 Å². The van der Waals surface area contributed by atoms with Crippen molar-refractivity contribution >= 4 is 39.8 Å². The van der Waals surface area contributed by atoms with Crippen LogP contribution in [0.1, 0.15) is 12.0 Å². The summed E-state index contributed by atoms with van der Waals surface area (Å²) in [5.41, 5.74) is 3.17. The largest absolute Gasteiger partial charge is 0.335 e. The number of carbonyl (C=O) groups is 1. The average Bonchev–Trinajstić information content (AvgIpc) is 2.79. The minimum Gasteiger partial charge on any atom is -0.333 e. The molecule has 6 nitrogen and oxygen atoms in total. The molecule has 0 radical (unpaired) electrons. The number of hydrazone groups is 1. The number of sulfone groups is 1. The van der Waals surface area contributed by atoms with E-state index in [1.807, 2.05) is 30.3 Å². The van der Waals surface area contributed by atoms with Crippen molar-refractivity contribution in [1.82, 2.24) is 10.7 Å². The Hall–Kier alpha value is -1.86. The van der Waals surface area contributed by atoms with Crippen LogP contribution in [0, 0.1) is 0 Å². The number of rotatable bonds is 4. The quantitative estimate of drug-likeness (QED) is 0.646. The number of allylic oxidation sites excluding steroid dienone is 1. The van der Waals surface area contributed by atoms with Crippen molar-refractivity contribution in [1.29, 1.82) is 0 Å². The van der Waals surface area contributed by atoms with E-state index in [1.165, 1.54) is 6.21 Å². The summed E-state index contributed by atoms with van der Waals surface area (Å²) in [4.78, 5) is 11.6. The number of nitrogens with one attached hydrogen (secondary N) is 2. The van der Waals surface area contributed by atoms with Gasteiger partial charge in [-0.1, -0.05) is 41.9 Å². The van der Waals surface area contributed by atoms with Gasteiger partial charge >= 0.3 is 6.03 Å². The van der Waals surface area contributed by atoms with Crippen LogP contribution in [0.15, 0.2) is 40.5 Å². The predicted octanol–water partition coefficient (Wildman–Crippen LogP) is 1.74. The van der Waals surface area contributed by atoms with E-state index < -0.39 is 15.9 Å². The first-order chi connectivity index (χ1) is 10.4. The lowest BCUT2D eigenvalue weighted by atomic mass is 10.2. The van der Waals surface area contributed by atoms with Gasteiger partial charge in [-0.05, 0) is 18.1 Å². The number of hydrogen-bond acceptors (Lipinski definition) is 4. The highest BCUT2D eigenvalue weighted by atomic mass is 35.5. The normalized spacial score (nSPS) is 21.0. The lowest BCUT2D eigenvalue weighted by Crippen LogP contribution is -2.40. The Morgan fingerprint density at radius 2 is 2.05 bits per heavy atom. The topological polar surface area (TPSA) is 87.6 Å². The molecule has 0 aromatic heterocycles. The zero-order valence-corrected chi connectivity index (χ0v) is 13.3. The fourth-order valence-corrected chi connectivity index (χ4v) is 3.87. The molecule has 1 aliphatic heterocycles. The summed E-state index contributed by atoms with van der Waals surface area (Å²) in [5.74, 6) is 0.0751. The summed E-state index contributed by atoms with van der Waals surface area (Å²) in [7, 11) is -3.02. The summed E-state index contributed by atoms with van der Waals surface area (Å²) < 4.78 is 22.5. The van der Waals surface area contributed by atoms with Crippen LogP contribution in [0.2, 0.25) is 0 Å². The molecule has 2 N–H and O–H groups in total. The molecule has 1 aromatic rings. The molecule has 1 saturated heterocycles. The maximum atomic E-state index is 11.6. The molecule has 0 saturated carbocycles. The number of carbonyl (C=O) groups excluding carboxylic acids is 1. The minimum atomic E-state index is -3.02. The SMILES string of the molecule is O=C(NN=C/C(Cl)=C/c1ccccc1)N[C@@H]1CCS(=O)(=O)C1. The third-order valence-corrected chi connectivity index (χ3v) is 5.00. The Balaban J connectivity index is 1.79. The summed E-state index contributed by atoms with van der Waals surface area (Å²) >= 11 is 5.97. The molecular formula is C14H16ClN3O3S. The van der Waals surface area contributed by atoms with Crippen molar-refractivity contribution in [2.45, 2.75) is 12.5 Å². The predicted molar refractivity (Wildman–Crippen MR) is 87.5 cm³/mol. The van der Waals surface area contributed by atoms with Gasteiger partial charge in [-0.3, -0.25) is 0 Å². The van der Waals surface area contributed by atoms with Crippen molar-refractivity contribution < 1.29 is 13.2 Å². The summed E-state index contributed by atoms with van der Waals surface area (Å²) in [6.45, 7) is 0. The fourth-order valence-electron chi connectivity index (χ4n) is 2.02. The zero-order valence-electron chi connectivity index (χ0n) is 11.7. The number of halogens is 1. The second-order valence-corrected chi connectivity index (χ2v) is 7.55. The molecule has 1 aliphatic rings. The van der Waals surface area contributed by atoms with Crippen LogP contribution >= 0.6 is 11.6 Å². The molecule has 1 atom stereocenters. The van der Waals surface area contributed by atoms with Gasteiger partial charge in [0.15, 0.2) is 9.84 Å². The summed E-state index contributed by atoms with van der Waals surface area (Å²) in [6, 6.07) is 8.52. The third-order valence-electron chi connectivity index (χ3n) is 3.03. The van der Waals surface area contributed by atoms with Gasteiger partial charge in [0.25, 0.3) is 0 Å². The van der Waals surface area contributed by atoms with Gasteiger partial charge in [-0.15, -0.1) is 0 Å². The molecule has 0 aliphatic carbocycles. The number of benzene rings is 1. The minimum absolute atomic E-state index is 0.0290. The summed E-state index contributed by atoms with van der Waals surface area (Å²) in [5, 5.41) is 6.62. The molecule has 1 fully saturated rings. The van der Waals surface area contributed by atoms with Gasteiger partial charge in [-0.25, -0.2) is 18.6 Å². The van der Waals surface area contributed by atoms with Crippen molar-refractivity contribution in [3.05, 3.63) is 40.9 Å². The van der Waals surface area contributed by atoms with Gasteiger partial charge in [0, 0.05) is 6.04 Å². The van der Waals surface area contributed by atoms with Crippen molar-refractivity contribution in [3.63, 3.8) is 0 Å². The van der Waals surface area contributed by atoms with E-state index in [2.05, 4.69) is 15.8 Å². The molecule has 1 heterocycles. The number of amides is 2. The van der Waals surface area contributed by atoms with E-state index in [4.69, 9.17) is 11.6 Å². The Kier molecular flexibility index (Phi) is 5.57. The lowest BCUT2D eigenvalue weighted by Gasteiger charge is -2.09. The Morgan fingerprint density at radius 3 is 2.68 bits per heavy atom. The molecule has 118 valence electrons. The lowest BCUT2D eigenvalue weighted by molar-refractivity contribution is 0.238. The van der Waals surface area contributed by atoms with Crippen LogP contribution in [0.4, 0.5) is 4.79 Å². The first kappa shape index (κ1) is 16.5. The molecule has 0 bridgehead atoms. The Morgan fingerprint density at radius 1 is 1.32 bits per heavy atom. The second-order valence-electron chi connectivity index (χ2n) is 4.88. The highest BCUT2D eigenvalue weighted by Gasteiger charge is 2.28. The van der Waals surface area contributed by atoms with Crippen molar-refractivity contribution in [2.24, 2.45) is 5.10 Å². The Labute approximate surface area is 134 Å². The summed E-state index contributed by atoms with van der Waals surface area (Å²) in [6.07, 6.45) is 3.43. The monoisotopic (exact) mass is 341 g/mol. The molecular weight excluding hydrogens is 326 g/mol. The molecule has 0 unspecified atom stereocenters. The van der Waals surface area contributed by atoms with E-state index in [0.717, 1.165) is 5.56 Å². The van der Waals surface area contributed by atoms with Gasteiger partial charge in [0.2, 0.25) is 0 Å². The smallest absolute Gasteiger partial charge is 0.333 e. The zero-order chi connectivity index (χ0) is 16.0. The van der Waals surface area contributed by atoms with E-state index in [-0.39, 0.29) is 17.5 Å². The number of nitrogens with zero attached hydrogens (tertiary/aromatic N) is 1. The highest BCUT2D eigenvalue weighted by molar-refractivity contribution is 7.91. The van der Waals surface area contributed by atoms with Gasteiger partial charge in [0.05, 0.1) is 22.8 Å². The molecule has 2 amide bonds. The number of hydrogen-bond donors (Lipinski definition) is 2. The van der Waals surface area contributed by atoms with Crippen molar-refractivity contribution in [3.8, 4) is 0 Å².